The topological polar surface area (TPSA) is 32.3 Å². The highest BCUT2D eigenvalue weighted by Gasteiger charge is 2.29. The van der Waals surface area contributed by atoms with Crippen molar-refractivity contribution in [2.24, 2.45) is 0 Å². The van der Waals surface area contributed by atoms with Gasteiger partial charge < -0.3 is 5.32 Å². The lowest BCUT2D eigenvalue weighted by molar-refractivity contribution is -0.137. The average Bonchev–Trinajstić information content (AvgIpc) is 2.49. The van der Waals surface area contributed by atoms with E-state index in [0.29, 0.717) is 12.1 Å². The number of amides is 1. The van der Waals surface area contributed by atoms with Gasteiger partial charge in [0, 0.05) is 6.54 Å². The molecule has 0 aliphatic carbocycles. The first kappa shape index (κ1) is 18.9. The Labute approximate surface area is 143 Å². The average molecular weight is 354 g/mol. The minimum absolute atomic E-state index is 0.0195. The van der Waals surface area contributed by atoms with Gasteiger partial charge in [-0.2, -0.15) is 13.2 Å². The normalized spacial score (nSPS) is 11.6. The van der Waals surface area contributed by atoms with Gasteiger partial charge in [0.05, 0.1) is 17.8 Å². The molecule has 1 amide bonds. The molecular weight excluding hydrogens is 336 g/mol. The van der Waals surface area contributed by atoms with Crippen molar-refractivity contribution >= 4 is 11.6 Å². The van der Waals surface area contributed by atoms with Crippen molar-refractivity contribution < 1.29 is 22.4 Å². The highest BCUT2D eigenvalue weighted by Crippen LogP contribution is 2.29. The Hall–Kier alpha value is -2.41. The Balaban J connectivity index is 1.91. The molecule has 2 aromatic rings. The first-order valence-corrected chi connectivity index (χ1v) is 7.56. The smallest absolute Gasteiger partial charge is 0.322 e. The Bertz CT molecular complexity index is 742. The van der Waals surface area contributed by atoms with E-state index in [-0.39, 0.29) is 12.2 Å². The lowest BCUT2D eigenvalue weighted by atomic mass is 10.1. The van der Waals surface area contributed by atoms with Crippen molar-refractivity contribution in [1.29, 1.82) is 0 Å². The predicted molar refractivity (Wildman–Crippen MR) is 87.5 cm³/mol. The number of likely N-dealkylation sites (N-methyl/N-ethyl adjacent to an activating group) is 1. The van der Waals surface area contributed by atoms with E-state index in [2.05, 4.69) is 5.32 Å². The second-order valence-corrected chi connectivity index (χ2v) is 5.90. The Morgan fingerprint density at radius 1 is 1.12 bits per heavy atom. The van der Waals surface area contributed by atoms with Crippen LogP contribution < -0.4 is 5.32 Å². The fourth-order valence-corrected chi connectivity index (χ4v) is 2.32. The summed E-state index contributed by atoms with van der Waals surface area (Å²) in [5.74, 6) is -0.920. The molecule has 0 fully saturated rings. The second-order valence-electron chi connectivity index (χ2n) is 5.90. The molecule has 3 nitrogen and oxygen atoms in total. The van der Waals surface area contributed by atoms with E-state index in [4.69, 9.17) is 0 Å². The molecule has 0 aromatic heterocycles. The summed E-state index contributed by atoms with van der Waals surface area (Å²) in [5.41, 5.74) is 0.768. The fraction of sp³-hybridized carbons (Fsp3) is 0.278. The number of nitrogens with zero attached hydrogens (tertiary/aromatic N) is 1. The zero-order valence-corrected chi connectivity index (χ0v) is 13.8. The largest absolute Gasteiger partial charge is 0.416 e. The van der Waals surface area contributed by atoms with Gasteiger partial charge in [-0.1, -0.05) is 18.2 Å². The molecule has 0 bridgehead atoms. The van der Waals surface area contributed by atoms with Crippen LogP contribution in [-0.2, 0) is 17.5 Å². The summed E-state index contributed by atoms with van der Waals surface area (Å²) in [5, 5.41) is 2.48. The number of carbonyl (C=O) groups excluding carboxylic acids is 1. The van der Waals surface area contributed by atoms with E-state index in [1.165, 1.54) is 24.3 Å². The molecule has 134 valence electrons. The molecule has 25 heavy (non-hydrogen) atoms. The molecule has 0 radical (unpaired) electrons. The van der Waals surface area contributed by atoms with E-state index in [1.54, 1.807) is 24.9 Å². The minimum Gasteiger partial charge on any atom is -0.322 e. The van der Waals surface area contributed by atoms with Crippen molar-refractivity contribution in [3.8, 4) is 0 Å². The van der Waals surface area contributed by atoms with Gasteiger partial charge in [-0.15, -0.1) is 0 Å². The number of halogens is 4. The summed E-state index contributed by atoms with van der Waals surface area (Å²) in [6.45, 7) is 2.02. The standard InChI is InChI=1S/C18H18F4N2O/c1-12-3-8-16(15(19)9-12)23-17(25)11-24(2)10-13-4-6-14(7-5-13)18(20,21)22/h3-9H,10-11H2,1-2H3,(H,23,25). The van der Waals surface area contributed by atoms with E-state index in [9.17, 15) is 22.4 Å². The van der Waals surface area contributed by atoms with Crippen LogP contribution in [0.5, 0.6) is 0 Å². The molecule has 0 aliphatic rings. The minimum atomic E-state index is -4.37. The first-order valence-electron chi connectivity index (χ1n) is 7.56. The molecule has 0 unspecified atom stereocenters. The number of anilines is 1. The number of hydrogen-bond donors (Lipinski definition) is 1. The van der Waals surface area contributed by atoms with Gasteiger partial charge in [-0.05, 0) is 49.4 Å². The molecule has 0 saturated heterocycles. The maximum absolute atomic E-state index is 13.7. The number of aryl methyl sites for hydroxylation is 1. The summed E-state index contributed by atoms with van der Waals surface area (Å²) in [6.07, 6.45) is -4.37. The van der Waals surface area contributed by atoms with Crippen molar-refractivity contribution in [3.63, 3.8) is 0 Å². The van der Waals surface area contributed by atoms with Crippen LogP contribution in [0.25, 0.3) is 0 Å². The lowest BCUT2D eigenvalue weighted by Gasteiger charge is -2.17. The fourth-order valence-electron chi connectivity index (χ4n) is 2.32. The van der Waals surface area contributed by atoms with Crippen molar-refractivity contribution in [1.82, 2.24) is 4.90 Å². The van der Waals surface area contributed by atoms with Gasteiger partial charge >= 0.3 is 6.18 Å². The number of hydrogen-bond acceptors (Lipinski definition) is 2. The van der Waals surface area contributed by atoms with Gasteiger partial charge in [-0.3, -0.25) is 9.69 Å². The highest BCUT2D eigenvalue weighted by atomic mass is 19.4. The summed E-state index contributed by atoms with van der Waals surface area (Å²) >= 11 is 0. The predicted octanol–water partition coefficient (Wildman–Crippen LogP) is 4.22. The van der Waals surface area contributed by atoms with E-state index < -0.39 is 23.5 Å². The Kier molecular flexibility index (Phi) is 5.79. The molecule has 0 saturated carbocycles. The van der Waals surface area contributed by atoms with Crippen LogP contribution in [0, 0.1) is 12.7 Å². The Morgan fingerprint density at radius 2 is 1.76 bits per heavy atom. The first-order chi connectivity index (χ1) is 11.6. The number of rotatable bonds is 5. The van der Waals surface area contributed by atoms with Gasteiger partial charge in [-0.25, -0.2) is 4.39 Å². The maximum Gasteiger partial charge on any atom is 0.416 e. The van der Waals surface area contributed by atoms with E-state index in [1.807, 2.05) is 0 Å². The van der Waals surface area contributed by atoms with E-state index >= 15 is 0 Å². The second kappa shape index (κ2) is 7.65. The summed E-state index contributed by atoms with van der Waals surface area (Å²) in [7, 11) is 1.66. The number of benzene rings is 2. The van der Waals surface area contributed by atoms with E-state index in [0.717, 1.165) is 17.7 Å². The van der Waals surface area contributed by atoms with Crippen LogP contribution in [0.2, 0.25) is 0 Å². The van der Waals surface area contributed by atoms with Crippen LogP contribution in [-0.4, -0.2) is 24.4 Å². The summed E-state index contributed by atoms with van der Waals surface area (Å²) < 4.78 is 51.3. The summed E-state index contributed by atoms with van der Waals surface area (Å²) in [4.78, 5) is 13.6. The molecule has 0 heterocycles. The van der Waals surface area contributed by atoms with Gasteiger partial charge in [0.1, 0.15) is 5.82 Å². The highest BCUT2D eigenvalue weighted by molar-refractivity contribution is 5.92. The molecule has 7 heteroatoms. The quantitative estimate of drug-likeness (QED) is 0.816. The zero-order chi connectivity index (χ0) is 18.6. The number of carbonyl (C=O) groups is 1. The molecule has 2 aromatic carbocycles. The van der Waals surface area contributed by atoms with Crippen molar-refractivity contribution in [2.75, 3.05) is 18.9 Å². The molecule has 0 aliphatic heterocycles. The third kappa shape index (κ3) is 5.56. The van der Waals surface area contributed by atoms with Crippen molar-refractivity contribution in [3.05, 3.63) is 65.0 Å². The molecule has 2 rings (SSSR count). The Morgan fingerprint density at radius 3 is 2.32 bits per heavy atom. The van der Waals surface area contributed by atoms with Crippen LogP contribution in [0.15, 0.2) is 42.5 Å². The summed E-state index contributed by atoms with van der Waals surface area (Å²) in [6, 6.07) is 9.24. The molecule has 0 spiro atoms. The van der Waals surface area contributed by atoms with Crippen LogP contribution in [0.4, 0.5) is 23.2 Å². The van der Waals surface area contributed by atoms with Crippen LogP contribution in [0.1, 0.15) is 16.7 Å². The van der Waals surface area contributed by atoms with Gasteiger partial charge in [0.2, 0.25) is 5.91 Å². The number of nitrogens with one attached hydrogen (secondary N) is 1. The van der Waals surface area contributed by atoms with Gasteiger partial charge in [0.15, 0.2) is 0 Å². The SMILES string of the molecule is Cc1ccc(NC(=O)CN(C)Cc2ccc(C(F)(F)F)cc2)c(F)c1. The lowest BCUT2D eigenvalue weighted by Crippen LogP contribution is -2.30. The third-order valence-corrected chi connectivity index (χ3v) is 3.55. The monoisotopic (exact) mass is 354 g/mol. The van der Waals surface area contributed by atoms with Crippen molar-refractivity contribution in [2.45, 2.75) is 19.6 Å². The van der Waals surface area contributed by atoms with Crippen LogP contribution in [0.3, 0.4) is 0 Å². The van der Waals surface area contributed by atoms with Crippen LogP contribution >= 0.6 is 0 Å². The van der Waals surface area contributed by atoms with Gasteiger partial charge in [0.25, 0.3) is 0 Å². The third-order valence-electron chi connectivity index (χ3n) is 3.55. The maximum atomic E-state index is 13.7. The molecule has 1 N–H and O–H groups in total. The zero-order valence-electron chi connectivity index (χ0n) is 13.8. The molecule has 0 atom stereocenters. The molecular formula is C18H18F4N2O. The number of alkyl halides is 3.